The highest BCUT2D eigenvalue weighted by Gasteiger charge is 2.27. The van der Waals surface area contributed by atoms with Crippen molar-refractivity contribution in [1.29, 1.82) is 0 Å². The number of fused-ring (bicyclic) bond motifs is 1. The first kappa shape index (κ1) is 17.1. The van der Waals surface area contributed by atoms with Gasteiger partial charge in [0, 0.05) is 10.3 Å². The summed E-state index contributed by atoms with van der Waals surface area (Å²) < 4.78 is 18.6. The summed E-state index contributed by atoms with van der Waals surface area (Å²) in [5.41, 5.74) is 0. The van der Waals surface area contributed by atoms with E-state index < -0.39 is 13.9 Å². The predicted octanol–water partition coefficient (Wildman–Crippen LogP) is 4.05. The number of benzene rings is 2. The molecule has 0 saturated heterocycles. The van der Waals surface area contributed by atoms with E-state index in [1.165, 1.54) is 18.4 Å². The van der Waals surface area contributed by atoms with Gasteiger partial charge < -0.3 is 14.5 Å². The second-order valence-corrected chi connectivity index (χ2v) is 8.14. The summed E-state index contributed by atoms with van der Waals surface area (Å²) in [4.78, 5) is 19.6. The normalized spacial score (nSPS) is 13.3. The lowest BCUT2D eigenvalue weighted by Gasteiger charge is -2.25. The molecule has 1 heterocycles. The second kappa shape index (κ2) is 7.05. The number of rotatable bonds is 6. The highest BCUT2D eigenvalue weighted by atomic mass is 32.1. The minimum Gasteiger partial charge on any atom is -0.483 e. The first-order valence-electron chi connectivity index (χ1n) is 7.40. The van der Waals surface area contributed by atoms with Crippen LogP contribution in [0.1, 0.15) is 11.0 Å². The highest BCUT2D eigenvalue weighted by molar-refractivity contribution is 7.49. The maximum atomic E-state index is 11.5. The first-order valence-corrected chi connectivity index (χ1v) is 9.84. The van der Waals surface area contributed by atoms with Crippen molar-refractivity contribution in [3.63, 3.8) is 0 Å². The highest BCUT2D eigenvalue weighted by Crippen LogP contribution is 2.41. The summed E-state index contributed by atoms with van der Waals surface area (Å²) in [6.07, 6.45) is -0.464. The molecule has 3 aromatic rings. The molecule has 2 N–H and O–H groups in total. The van der Waals surface area contributed by atoms with Gasteiger partial charge in [-0.15, -0.1) is 11.3 Å². The van der Waals surface area contributed by atoms with Gasteiger partial charge in [-0.1, -0.05) is 42.5 Å². The zero-order valence-corrected chi connectivity index (χ0v) is 14.8. The van der Waals surface area contributed by atoms with E-state index in [2.05, 4.69) is 0 Å². The van der Waals surface area contributed by atoms with Crippen molar-refractivity contribution < 1.29 is 19.1 Å². The summed E-state index contributed by atoms with van der Waals surface area (Å²) in [6, 6.07) is 17.5. The van der Waals surface area contributed by atoms with E-state index in [-0.39, 0.29) is 6.54 Å². The van der Waals surface area contributed by atoms with Crippen molar-refractivity contribution in [2.75, 3.05) is 13.6 Å². The molecule has 24 heavy (non-hydrogen) atoms. The van der Waals surface area contributed by atoms with Crippen LogP contribution < -0.4 is 4.74 Å². The number of thiophene rings is 1. The van der Waals surface area contributed by atoms with Crippen LogP contribution in [0.5, 0.6) is 5.75 Å². The molecule has 0 aliphatic heterocycles. The van der Waals surface area contributed by atoms with Crippen LogP contribution in [0, 0.1) is 0 Å². The van der Waals surface area contributed by atoms with Crippen molar-refractivity contribution in [2.45, 2.75) is 6.10 Å². The fourth-order valence-corrected chi connectivity index (χ4v) is 3.56. The molecule has 3 rings (SSSR count). The van der Waals surface area contributed by atoms with Gasteiger partial charge in [0.25, 0.3) is 0 Å². The fraction of sp³-hybridized carbons (Fsp3) is 0.176. The maximum absolute atomic E-state index is 11.5. The van der Waals surface area contributed by atoms with Crippen LogP contribution in [0.25, 0.3) is 10.8 Å². The molecule has 0 aliphatic rings. The molecule has 1 atom stereocenters. The molecule has 0 amide bonds. The Morgan fingerprint density at radius 1 is 1.12 bits per heavy atom. The standard InChI is InChI=1S/C17H18NO4PS/c1-18(23(19,20)21)12-16(17-10-5-11-24-17)22-15-9-4-7-13-6-2-3-8-14(13)15/h2-11,16H,12H2,1H3,(H2,19,20,21). The SMILES string of the molecule is CN(CC(Oc1cccc2ccccc12)c1cccs1)P(=O)(O)O. The summed E-state index contributed by atoms with van der Waals surface area (Å²) >= 11 is 1.50. The van der Waals surface area contributed by atoms with Gasteiger partial charge in [0.2, 0.25) is 0 Å². The van der Waals surface area contributed by atoms with Crippen LogP contribution >= 0.6 is 19.1 Å². The van der Waals surface area contributed by atoms with Gasteiger partial charge in [0.1, 0.15) is 11.9 Å². The van der Waals surface area contributed by atoms with Gasteiger partial charge in [-0.3, -0.25) is 0 Å². The van der Waals surface area contributed by atoms with Gasteiger partial charge >= 0.3 is 7.75 Å². The van der Waals surface area contributed by atoms with Crippen LogP contribution in [-0.4, -0.2) is 28.0 Å². The monoisotopic (exact) mass is 363 g/mol. The van der Waals surface area contributed by atoms with Crippen molar-refractivity contribution in [1.82, 2.24) is 4.67 Å². The van der Waals surface area contributed by atoms with Gasteiger partial charge in [-0.05, 0) is 29.9 Å². The average Bonchev–Trinajstić information content (AvgIpc) is 3.08. The summed E-state index contributed by atoms with van der Waals surface area (Å²) in [5.74, 6) is 0.700. The summed E-state index contributed by atoms with van der Waals surface area (Å²) in [6.45, 7) is 0.0913. The lowest BCUT2D eigenvalue weighted by Crippen LogP contribution is -2.24. The number of hydrogen-bond donors (Lipinski definition) is 2. The van der Waals surface area contributed by atoms with Crippen LogP contribution in [0.15, 0.2) is 60.0 Å². The van der Waals surface area contributed by atoms with Gasteiger partial charge in [0.05, 0.1) is 6.54 Å². The molecule has 2 aromatic carbocycles. The van der Waals surface area contributed by atoms with E-state index >= 15 is 0 Å². The minimum atomic E-state index is -4.31. The molecule has 0 aliphatic carbocycles. The predicted molar refractivity (Wildman–Crippen MR) is 96.3 cm³/mol. The molecular weight excluding hydrogens is 345 g/mol. The Morgan fingerprint density at radius 2 is 1.88 bits per heavy atom. The Kier molecular flexibility index (Phi) is 5.04. The van der Waals surface area contributed by atoms with Crippen molar-refractivity contribution >= 4 is 29.9 Å². The van der Waals surface area contributed by atoms with E-state index in [9.17, 15) is 14.4 Å². The maximum Gasteiger partial charge on any atom is 0.402 e. The van der Waals surface area contributed by atoms with Crippen molar-refractivity contribution in [3.05, 3.63) is 64.9 Å². The van der Waals surface area contributed by atoms with Crippen LogP contribution in [0.2, 0.25) is 0 Å². The molecule has 1 aromatic heterocycles. The Balaban J connectivity index is 1.93. The van der Waals surface area contributed by atoms with Gasteiger partial charge in [0.15, 0.2) is 0 Å². The first-order chi connectivity index (χ1) is 11.4. The lowest BCUT2D eigenvalue weighted by molar-refractivity contribution is 0.170. The van der Waals surface area contributed by atoms with Crippen LogP contribution in [0.3, 0.4) is 0 Å². The molecule has 126 valence electrons. The molecule has 0 bridgehead atoms. The van der Waals surface area contributed by atoms with Crippen molar-refractivity contribution in [2.24, 2.45) is 0 Å². The Bertz CT molecular complexity index is 857. The minimum absolute atomic E-state index is 0.0913. The van der Waals surface area contributed by atoms with E-state index in [4.69, 9.17) is 4.74 Å². The van der Waals surface area contributed by atoms with Gasteiger partial charge in [-0.25, -0.2) is 9.24 Å². The van der Waals surface area contributed by atoms with E-state index in [1.807, 2.05) is 60.0 Å². The van der Waals surface area contributed by atoms with E-state index in [1.54, 1.807) is 0 Å². The lowest BCUT2D eigenvalue weighted by atomic mass is 10.1. The topological polar surface area (TPSA) is 70.0 Å². The fourth-order valence-electron chi connectivity index (χ4n) is 2.46. The number of nitrogens with zero attached hydrogens (tertiary/aromatic N) is 1. The van der Waals surface area contributed by atoms with Crippen LogP contribution in [-0.2, 0) is 4.57 Å². The number of ether oxygens (including phenoxy) is 1. The summed E-state index contributed by atoms with van der Waals surface area (Å²) in [5, 5.41) is 3.95. The van der Waals surface area contributed by atoms with E-state index in [0.717, 1.165) is 20.3 Å². The van der Waals surface area contributed by atoms with Crippen LogP contribution in [0.4, 0.5) is 0 Å². The number of hydrogen-bond acceptors (Lipinski definition) is 3. The second-order valence-electron chi connectivity index (χ2n) is 5.45. The quantitative estimate of drug-likeness (QED) is 0.647. The Labute approximate surface area is 144 Å². The zero-order chi connectivity index (χ0) is 17.2. The molecule has 1 unspecified atom stereocenters. The van der Waals surface area contributed by atoms with Crippen molar-refractivity contribution in [3.8, 4) is 5.75 Å². The zero-order valence-electron chi connectivity index (χ0n) is 13.1. The third-order valence-corrected chi connectivity index (χ3v) is 5.77. The molecule has 7 heteroatoms. The third kappa shape index (κ3) is 3.86. The molecule has 5 nitrogen and oxygen atoms in total. The molecular formula is C17H18NO4PS. The molecule has 0 radical (unpaired) electrons. The third-order valence-electron chi connectivity index (χ3n) is 3.75. The molecule has 0 spiro atoms. The Morgan fingerprint density at radius 3 is 2.58 bits per heavy atom. The smallest absolute Gasteiger partial charge is 0.402 e. The molecule has 0 fully saturated rings. The van der Waals surface area contributed by atoms with Gasteiger partial charge in [-0.2, -0.15) is 0 Å². The number of likely N-dealkylation sites (N-methyl/N-ethyl adjacent to an activating group) is 1. The van der Waals surface area contributed by atoms with E-state index in [0.29, 0.717) is 5.75 Å². The summed E-state index contributed by atoms with van der Waals surface area (Å²) in [7, 11) is -2.91. The average molecular weight is 363 g/mol. The molecule has 0 saturated carbocycles. The largest absolute Gasteiger partial charge is 0.483 e. The Hall–Kier alpha value is -1.69.